The van der Waals surface area contributed by atoms with Crippen LogP contribution in [0.5, 0.6) is 0 Å². The molecule has 1 heterocycles. The van der Waals surface area contributed by atoms with E-state index in [4.69, 9.17) is 5.11 Å². The zero-order chi connectivity index (χ0) is 32.6. The number of rotatable bonds is 14. The van der Waals surface area contributed by atoms with Crippen LogP contribution in [0.25, 0.3) is 0 Å². The molecule has 1 saturated heterocycles. The third kappa shape index (κ3) is 8.70. The molecule has 3 rings (SSSR count). The van der Waals surface area contributed by atoms with Crippen molar-refractivity contribution in [1.29, 1.82) is 0 Å². The second-order valence-electron chi connectivity index (χ2n) is 11.9. The fraction of sp³-hybridized carbons (Fsp3) is 0.485. The fourth-order valence-electron chi connectivity index (χ4n) is 5.28. The molecule has 0 spiro atoms. The molecule has 3 amide bonds. The molecule has 3 atom stereocenters. The number of aryl methyl sites for hydroxylation is 1. The Kier molecular flexibility index (Phi) is 11.7. The van der Waals surface area contributed by atoms with Crippen molar-refractivity contribution in [2.24, 2.45) is 11.8 Å². The number of aromatic carboxylic acids is 1. The van der Waals surface area contributed by atoms with Crippen LogP contribution in [0.4, 0.5) is 8.78 Å². The molecule has 0 aliphatic carbocycles. The molecule has 3 N–H and O–H groups in total. The third-order valence-electron chi connectivity index (χ3n) is 7.86. The van der Waals surface area contributed by atoms with Crippen LogP contribution in [0.3, 0.4) is 0 Å². The maximum absolute atomic E-state index is 15.0. The summed E-state index contributed by atoms with van der Waals surface area (Å²) in [5, 5.41) is 14.3. The molecular formula is C33H41F2N3O6. The molecule has 1 fully saturated rings. The Bertz CT molecular complexity index is 1330. The predicted molar refractivity (Wildman–Crippen MR) is 160 cm³/mol. The van der Waals surface area contributed by atoms with Gasteiger partial charge >= 0.3 is 11.9 Å². The highest BCUT2D eigenvalue weighted by molar-refractivity contribution is 6.00. The summed E-state index contributed by atoms with van der Waals surface area (Å²) in [7, 11) is 0. The highest BCUT2D eigenvalue weighted by Gasteiger charge is 2.46. The summed E-state index contributed by atoms with van der Waals surface area (Å²) in [5.41, 5.74) is 1.06. The minimum absolute atomic E-state index is 0.00656. The maximum Gasteiger partial charge on any atom is 0.335 e. The number of nitrogens with zero attached hydrogens (tertiary/aromatic N) is 1. The maximum atomic E-state index is 15.0. The number of carbonyl (C=O) groups excluding carboxylic acids is 4. The Morgan fingerprint density at radius 3 is 2.05 bits per heavy atom. The van der Waals surface area contributed by atoms with Crippen LogP contribution in [-0.4, -0.2) is 70.1 Å². The minimum Gasteiger partial charge on any atom is -0.478 e. The standard InChI is InChI=1S/C33H41F2N3O6/c1-20(2)26(28(39)33(34,35)18-8-12-22-10-6-5-7-11-22)36-30(41)25-13-9-19-38(25)31(42)27(21(3)4)37-29(40)23-14-16-24(17-15-23)32(43)44/h5-7,10-11,14-17,20-21,25-27H,8-9,12-13,18-19H2,1-4H3,(H,36,41)(H,37,40)(H,43,44)/t25-,26?,27-/m0/s1. The smallest absolute Gasteiger partial charge is 0.335 e. The number of carbonyl (C=O) groups is 5. The number of ketones is 1. The van der Waals surface area contributed by atoms with Crippen molar-refractivity contribution in [3.8, 4) is 0 Å². The van der Waals surface area contributed by atoms with Crippen molar-refractivity contribution in [2.75, 3.05) is 6.54 Å². The van der Waals surface area contributed by atoms with E-state index in [1.165, 1.54) is 29.2 Å². The summed E-state index contributed by atoms with van der Waals surface area (Å²) in [4.78, 5) is 65.4. The lowest BCUT2D eigenvalue weighted by Gasteiger charge is -2.32. The average molecular weight is 614 g/mol. The lowest BCUT2D eigenvalue weighted by Crippen LogP contribution is -2.58. The van der Waals surface area contributed by atoms with Gasteiger partial charge in [-0.3, -0.25) is 19.2 Å². The molecule has 0 bridgehead atoms. The fourth-order valence-corrected chi connectivity index (χ4v) is 5.28. The number of amides is 3. The van der Waals surface area contributed by atoms with Crippen LogP contribution in [-0.2, 0) is 20.8 Å². The van der Waals surface area contributed by atoms with Gasteiger partial charge in [-0.2, -0.15) is 8.78 Å². The molecule has 11 heteroatoms. The first-order valence-electron chi connectivity index (χ1n) is 14.9. The number of carboxylic acid groups (broad SMARTS) is 1. The van der Waals surface area contributed by atoms with E-state index in [0.717, 1.165) is 5.56 Å². The van der Waals surface area contributed by atoms with Gasteiger partial charge in [0.05, 0.1) is 11.6 Å². The van der Waals surface area contributed by atoms with Gasteiger partial charge in [0.25, 0.3) is 5.91 Å². The Morgan fingerprint density at radius 1 is 0.886 bits per heavy atom. The van der Waals surface area contributed by atoms with Crippen molar-refractivity contribution in [2.45, 2.75) is 83.8 Å². The van der Waals surface area contributed by atoms with E-state index < -0.39 is 65.9 Å². The average Bonchev–Trinajstić information content (AvgIpc) is 3.48. The summed E-state index contributed by atoms with van der Waals surface area (Å²) in [6.07, 6.45) is 0.596. The molecule has 238 valence electrons. The van der Waals surface area contributed by atoms with Gasteiger partial charge in [0.2, 0.25) is 17.6 Å². The predicted octanol–water partition coefficient (Wildman–Crippen LogP) is 4.50. The summed E-state index contributed by atoms with van der Waals surface area (Å²) < 4.78 is 30.1. The highest BCUT2D eigenvalue weighted by atomic mass is 19.3. The zero-order valence-electron chi connectivity index (χ0n) is 25.5. The lowest BCUT2D eigenvalue weighted by atomic mass is 9.92. The monoisotopic (exact) mass is 613 g/mol. The van der Waals surface area contributed by atoms with Gasteiger partial charge in [0.15, 0.2) is 0 Å². The number of Topliss-reactive ketones (excluding diaryl/α,β-unsaturated/α-hetero) is 1. The van der Waals surface area contributed by atoms with Gasteiger partial charge in [0, 0.05) is 18.5 Å². The number of carboxylic acids is 1. The van der Waals surface area contributed by atoms with Crippen molar-refractivity contribution in [1.82, 2.24) is 15.5 Å². The third-order valence-corrected chi connectivity index (χ3v) is 7.86. The van der Waals surface area contributed by atoms with Crippen LogP contribution < -0.4 is 10.6 Å². The Balaban J connectivity index is 1.67. The number of likely N-dealkylation sites (tertiary alicyclic amines) is 1. The molecule has 1 unspecified atom stereocenters. The van der Waals surface area contributed by atoms with E-state index in [1.54, 1.807) is 27.7 Å². The normalized spacial score (nSPS) is 16.5. The first kappa shape index (κ1) is 34.3. The van der Waals surface area contributed by atoms with Crippen molar-refractivity contribution in [3.63, 3.8) is 0 Å². The number of benzene rings is 2. The molecule has 2 aromatic carbocycles. The summed E-state index contributed by atoms with van der Waals surface area (Å²) in [6.45, 7) is 6.84. The van der Waals surface area contributed by atoms with Crippen molar-refractivity contribution >= 4 is 29.5 Å². The Labute approximate surface area is 256 Å². The largest absolute Gasteiger partial charge is 0.478 e. The number of hydrogen-bond donors (Lipinski definition) is 3. The van der Waals surface area contributed by atoms with Gasteiger partial charge in [-0.1, -0.05) is 58.0 Å². The van der Waals surface area contributed by atoms with Gasteiger partial charge in [-0.25, -0.2) is 4.79 Å². The van der Waals surface area contributed by atoms with Gasteiger partial charge < -0.3 is 20.6 Å². The first-order chi connectivity index (χ1) is 20.7. The molecule has 1 aliphatic rings. The number of nitrogens with one attached hydrogen (secondary N) is 2. The van der Waals surface area contributed by atoms with Crippen LogP contribution in [0.1, 0.15) is 79.7 Å². The van der Waals surface area contributed by atoms with Gasteiger partial charge in [-0.05, 0) is 67.3 Å². The van der Waals surface area contributed by atoms with Crippen LogP contribution in [0.2, 0.25) is 0 Å². The SMILES string of the molecule is CC(C)C(NC(=O)[C@@H]1CCCN1C(=O)[C@@H](NC(=O)c1ccc(C(=O)O)cc1)C(C)C)C(=O)C(F)(F)CCCc1ccccc1. The van der Waals surface area contributed by atoms with E-state index >= 15 is 8.78 Å². The second-order valence-corrected chi connectivity index (χ2v) is 11.9. The second kappa shape index (κ2) is 15.0. The van der Waals surface area contributed by atoms with E-state index in [1.807, 2.05) is 30.3 Å². The first-order valence-corrected chi connectivity index (χ1v) is 14.9. The summed E-state index contributed by atoms with van der Waals surface area (Å²) in [5.74, 6) is -8.91. The number of halogens is 2. The minimum atomic E-state index is -3.64. The molecule has 44 heavy (non-hydrogen) atoms. The van der Waals surface area contributed by atoms with Gasteiger partial charge in [0.1, 0.15) is 12.1 Å². The molecule has 9 nitrogen and oxygen atoms in total. The van der Waals surface area contributed by atoms with Crippen LogP contribution in [0.15, 0.2) is 54.6 Å². The number of alkyl halides is 2. The number of hydrogen-bond acceptors (Lipinski definition) is 5. The lowest BCUT2D eigenvalue weighted by molar-refractivity contribution is -0.150. The molecule has 0 saturated carbocycles. The van der Waals surface area contributed by atoms with E-state index in [-0.39, 0.29) is 36.4 Å². The highest BCUT2D eigenvalue weighted by Crippen LogP contribution is 2.27. The van der Waals surface area contributed by atoms with Gasteiger partial charge in [-0.15, -0.1) is 0 Å². The van der Waals surface area contributed by atoms with E-state index in [0.29, 0.717) is 12.8 Å². The quantitative estimate of drug-likeness (QED) is 0.288. The topological polar surface area (TPSA) is 133 Å². The molecule has 0 aromatic heterocycles. The molecule has 1 aliphatic heterocycles. The molecule has 2 aromatic rings. The zero-order valence-corrected chi connectivity index (χ0v) is 25.5. The van der Waals surface area contributed by atoms with Crippen molar-refractivity contribution < 1.29 is 37.9 Å². The van der Waals surface area contributed by atoms with Crippen LogP contribution >= 0.6 is 0 Å². The summed E-state index contributed by atoms with van der Waals surface area (Å²) in [6, 6.07) is 10.9. The Hall–Kier alpha value is -4.15. The summed E-state index contributed by atoms with van der Waals surface area (Å²) >= 11 is 0. The van der Waals surface area contributed by atoms with E-state index in [9.17, 15) is 24.0 Å². The van der Waals surface area contributed by atoms with Crippen LogP contribution in [0, 0.1) is 11.8 Å². The molecule has 0 radical (unpaired) electrons. The van der Waals surface area contributed by atoms with E-state index in [2.05, 4.69) is 10.6 Å². The van der Waals surface area contributed by atoms with Crippen molar-refractivity contribution in [3.05, 3.63) is 71.3 Å². The molecular weight excluding hydrogens is 572 g/mol. The Morgan fingerprint density at radius 2 is 1.48 bits per heavy atom.